The van der Waals surface area contributed by atoms with Crippen LogP contribution in [0.4, 0.5) is 0 Å². The Morgan fingerprint density at radius 2 is 0.950 bits per heavy atom. The number of ether oxygens (including phenoxy) is 4. The number of hydrogen-bond donors (Lipinski definition) is 31. The summed E-state index contributed by atoms with van der Waals surface area (Å²) in [5.74, 6) is -1.08. The van der Waals surface area contributed by atoms with E-state index in [0.717, 1.165) is 12.2 Å². The minimum absolute atomic E-state index is 0.0349. The SMILES string of the molecule is C=CCCC(O)/C=C/C=C/C(O)CC/C=C/C(O)[C@H](O)[C@@H]1O[C@@H](C(O)C(O)C(=C)CC(O)/C=C/C(O)[C@H]2O[C@@H]2C(O)C(O)CC(O)C(O)[C@@H]2O[C@H]2C(O)C(O)CC(O)C(O)C(O)C(=C)CCC(O)[C@H]2C[C@@H](O)C(O)[C@H](C(O)C(O)/C=C(\C)CCC(O)CC(O)C(O)C(C)C(O)C(O)C/C=C/CC(O)/C=C/CCCCCOS(=O)(=O)O)O2)C[C@@H](O)C1O. The maximum absolute atomic E-state index is 11.2. The summed E-state index contributed by atoms with van der Waals surface area (Å²) in [4.78, 5) is 0. The van der Waals surface area contributed by atoms with Gasteiger partial charge in [0.1, 0.15) is 122 Å². The van der Waals surface area contributed by atoms with Crippen LogP contribution in [0.1, 0.15) is 142 Å². The molecule has 0 bridgehead atoms. The van der Waals surface area contributed by atoms with Gasteiger partial charge in [-0.15, -0.1) is 6.58 Å². The lowest BCUT2D eigenvalue weighted by Gasteiger charge is -2.42. The third-order valence-electron chi connectivity index (χ3n) is 22.2. The third-order valence-corrected chi connectivity index (χ3v) is 22.6. The van der Waals surface area contributed by atoms with E-state index >= 15 is 0 Å². The standard InChI is InChI=1S/C82H138O38S/c1-6-7-19-45(83)21-12-13-22-47(85)24-15-17-26-52(90)69(105)78-72(108)61(99)40-63(118-78)76(112)65(101)43(4)35-48(86)30-32-53(91)77-80(119-77)73(109)58(96)38-59(97)75(111)82-81(120-82)74(110)57(95)37-56(94)68(104)64(100)42(3)28-31-50(88)62-39-60(98)71(107)79(117-62)70(106)54(92)34-41(2)27-29-49(87)36-55(93)67(103)44(5)66(102)51(89)25-16-14-23-46(84)20-11-9-8-10-18-33-116-121(113,114)115/h6,11-14,16-17,20-22,26,30,32,34,44-112H,1,3-4,7-10,15,18-19,23-25,27-29,31,33,35-40H2,2,5H3,(H,113,114,115)/b16-14+,20-11+,21-12+,22-13+,26-17+,32-30+,41-34+/t44?,45?,46?,47?,48?,49?,50?,51?,52?,53?,54?,55?,56?,57?,58?,59?,60-,61-,62-,63-,64?,65?,66?,67?,68?,69+,70?,71?,72?,73?,74?,75?,76?,77-,78+,79+,80-,81+,82+/m1/s1. The molecule has 4 fully saturated rings. The molecule has 0 aromatic rings. The summed E-state index contributed by atoms with van der Waals surface area (Å²) in [6.07, 6.45) is -39.7. The monoisotopic (exact) mass is 1760 g/mol. The first-order valence-electron chi connectivity index (χ1n) is 41.0. The molecule has 4 heterocycles. The lowest BCUT2D eigenvalue weighted by molar-refractivity contribution is -0.233. The Balaban J connectivity index is 1.14. The summed E-state index contributed by atoms with van der Waals surface area (Å²) in [7, 11) is -4.48. The summed E-state index contributed by atoms with van der Waals surface area (Å²) in [5.41, 5.74) is 0.0615. The number of epoxide rings is 2. The van der Waals surface area contributed by atoms with Gasteiger partial charge in [-0.25, -0.2) is 4.18 Å². The summed E-state index contributed by atoms with van der Waals surface area (Å²) in [5, 5.41) is 323. The lowest BCUT2D eigenvalue weighted by Crippen LogP contribution is -2.59. The van der Waals surface area contributed by atoms with Gasteiger partial charge in [0.15, 0.2) is 0 Å². The smallest absolute Gasteiger partial charge is 0.393 e. The minimum Gasteiger partial charge on any atom is -0.393 e. The predicted octanol–water partition coefficient (Wildman–Crippen LogP) is -6.28. The van der Waals surface area contributed by atoms with Gasteiger partial charge < -0.3 is 172 Å². The molecule has 0 aromatic carbocycles. The molecule has 39 heteroatoms. The molecule has 0 spiro atoms. The first-order valence-corrected chi connectivity index (χ1v) is 42.4. The van der Waals surface area contributed by atoms with E-state index < -0.39 is 274 Å². The van der Waals surface area contributed by atoms with Gasteiger partial charge in [-0.1, -0.05) is 117 Å². The van der Waals surface area contributed by atoms with E-state index in [4.69, 9.17) is 23.5 Å². The van der Waals surface area contributed by atoms with E-state index in [1.54, 1.807) is 42.5 Å². The van der Waals surface area contributed by atoms with Crippen molar-refractivity contribution in [1.82, 2.24) is 0 Å². The predicted molar refractivity (Wildman–Crippen MR) is 431 cm³/mol. The van der Waals surface area contributed by atoms with Crippen molar-refractivity contribution in [2.75, 3.05) is 6.61 Å². The third kappa shape index (κ3) is 37.6. The molecule has 4 aliphatic rings. The molecule has 28 unspecified atom stereocenters. The molecule has 38 nitrogen and oxygen atoms in total. The number of aliphatic hydroxyl groups excluding tert-OH is 30. The van der Waals surface area contributed by atoms with Crippen LogP contribution in [0.5, 0.6) is 0 Å². The number of allylic oxidation sites excluding steroid dienone is 6. The van der Waals surface area contributed by atoms with E-state index in [1.807, 2.05) is 0 Å². The van der Waals surface area contributed by atoms with Crippen LogP contribution >= 0.6 is 0 Å². The Bertz CT molecular complexity index is 3310. The van der Waals surface area contributed by atoms with Gasteiger partial charge in [0.25, 0.3) is 0 Å². The van der Waals surface area contributed by atoms with Gasteiger partial charge in [0.05, 0.1) is 116 Å². The second kappa shape index (κ2) is 54.3. The molecule has 121 heavy (non-hydrogen) atoms. The van der Waals surface area contributed by atoms with Crippen molar-refractivity contribution in [3.63, 3.8) is 0 Å². The van der Waals surface area contributed by atoms with Crippen LogP contribution in [0, 0.1) is 5.92 Å². The Labute approximate surface area is 705 Å². The second-order valence-corrected chi connectivity index (χ2v) is 33.4. The van der Waals surface area contributed by atoms with Gasteiger partial charge in [0.2, 0.25) is 0 Å². The molecule has 700 valence electrons. The second-order valence-electron chi connectivity index (χ2n) is 32.3. The molecule has 0 aromatic heterocycles. The number of hydrogen-bond acceptors (Lipinski definition) is 37. The van der Waals surface area contributed by atoms with Crippen molar-refractivity contribution in [2.24, 2.45) is 5.92 Å². The van der Waals surface area contributed by atoms with E-state index in [2.05, 4.69) is 23.9 Å². The van der Waals surface area contributed by atoms with Crippen LogP contribution in [0.15, 0.2) is 122 Å². The molecule has 0 saturated carbocycles. The van der Waals surface area contributed by atoms with Gasteiger partial charge in [-0.2, -0.15) is 8.42 Å². The largest absolute Gasteiger partial charge is 0.397 e. The Morgan fingerprint density at radius 1 is 0.446 bits per heavy atom. The van der Waals surface area contributed by atoms with Crippen molar-refractivity contribution in [1.29, 1.82) is 0 Å². The number of aliphatic hydroxyl groups is 30. The molecule has 4 rings (SSSR count). The minimum atomic E-state index is -4.48. The highest BCUT2D eigenvalue weighted by Crippen LogP contribution is 2.37. The molecule has 39 atom stereocenters. The first-order chi connectivity index (χ1) is 56.7. The topological polar surface area (TPSA) is 714 Å². The fraction of sp³-hybridized carbons (Fsp3) is 0.756. The molecule has 31 N–H and O–H groups in total. The molecular weight excluding hydrogens is 1620 g/mol. The van der Waals surface area contributed by atoms with Crippen molar-refractivity contribution in [3.8, 4) is 0 Å². The molecule has 4 saturated heterocycles. The van der Waals surface area contributed by atoms with Gasteiger partial charge >= 0.3 is 10.4 Å². The zero-order valence-electron chi connectivity index (χ0n) is 68.2. The van der Waals surface area contributed by atoms with E-state index in [1.165, 1.54) is 44.2 Å². The van der Waals surface area contributed by atoms with Crippen molar-refractivity contribution in [3.05, 3.63) is 122 Å². The molecule has 4 aliphatic heterocycles. The van der Waals surface area contributed by atoms with Crippen LogP contribution in [0.2, 0.25) is 0 Å². The molecular formula is C82H138O38S. The summed E-state index contributed by atoms with van der Waals surface area (Å²) in [6, 6.07) is 0. The van der Waals surface area contributed by atoms with E-state index in [9.17, 15) is 162 Å². The van der Waals surface area contributed by atoms with Crippen LogP contribution < -0.4 is 0 Å². The molecule has 0 amide bonds. The maximum Gasteiger partial charge on any atom is 0.397 e. The molecule has 0 radical (unpaired) electrons. The zero-order chi connectivity index (χ0) is 91.0. The summed E-state index contributed by atoms with van der Waals surface area (Å²) in [6.45, 7) is 13.8. The van der Waals surface area contributed by atoms with Crippen LogP contribution in [-0.2, 0) is 33.5 Å². The van der Waals surface area contributed by atoms with Gasteiger partial charge in [-0.3, -0.25) is 4.55 Å². The summed E-state index contributed by atoms with van der Waals surface area (Å²) >= 11 is 0. The highest BCUT2D eigenvalue weighted by Gasteiger charge is 2.55. The van der Waals surface area contributed by atoms with Crippen molar-refractivity contribution in [2.45, 2.75) is 374 Å². The summed E-state index contributed by atoms with van der Waals surface area (Å²) < 4.78 is 56.1. The quantitative estimate of drug-likeness (QED) is 0.00885. The normalized spacial score (nSPS) is 29.6. The highest BCUT2D eigenvalue weighted by atomic mass is 32.3. The lowest BCUT2D eigenvalue weighted by atomic mass is 9.87. The number of unbranched alkanes of at least 4 members (excludes halogenated alkanes) is 3. The Hall–Kier alpha value is -4.09. The van der Waals surface area contributed by atoms with Crippen molar-refractivity contribution >= 4 is 10.4 Å². The van der Waals surface area contributed by atoms with Gasteiger partial charge in [0, 0.05) is 44.4 Å². The maximum atomic E-state index is 11.2. The van der Waals surface area contributed by atoms with Gasteiger partial charge in [-0.05, 0) is 102 Å². The fourth-order valence-electron chi connectivity index (χ4n) is 14.2. The highest BCUT2D eigenvalue weighted by molar-refractivity contribution is 7.80. The van der Waals surface area contributed by atoms with Crippen LogP contribution in [0.25, 0.3) is 0 Å². The average Bonchev–Trinajstić information content (AvgIpc) is 1.77. The Kier molecular flexibility index (Phi) is 49.0. The first kappa shape index (κ1) is 109. The van der Waals surface area contributed by atoms with Crippen molar-refractivity contribution < 1.29 is 189 Å². The van der Waals surface area contributed by atoms with Crippen LogP contribution in [0.3, 0.4) is 0 Å². The average molecular weight is 1760 g/mol. The fourth-order valence-corrected chi connectivity index (χ4v) is 14.5. The molecule has 0 aliphatic carbocycles. The number of rotatable bonds is 61. The Morgan fingerprint density at radius 3 is 1.53 bits per heavy atom. The van der Waals surface area contributed by atoms with E-state index in [-0.39, 0.29) is 82.0 Å². The zero-order valence-corrected chi connectivity index (χ0v) is 69.0. The van der Waals surface area contributed by atoms with Crippen LogP contribution in [-0.4, -0.2) is 405 Å². The van der Waals surface area contributed by atoms with E-state index in [0.29, 0.717) is 44.1 Å².